The standard InChI is InChI=1S/C11H21N3O3S/c1-3-4-7-17-8-5-6-13-18(15,16)11-9-12-14-10(11)2/h9,13H,3-8H2,1-2H3,(H,12,14). The molecule has 0 aliphatic heterocycles. The molecular formula is C11H21N3O3S. The molecule has 0 bridgehead atoms. The van der Waals surface area contributed by atoms with Crippen molar-refractivity contribution in [3.63, 3.8) is 0 Å². The van der Waals surface area contributed by atoms with Gasteiger partial charge in [-0.3, -0.25) is 5.10 Å². The van der Waals surface area contributed by atoms with Gasteiger partial charge in [-0.2, -0.15) is 5.10 Å². The Labute approximate surface area is 108 Å². The van der Waals surface area contributed by atoms with Gasteiger partial charge in [-0.05, 0) is 19.8 Å². The second kappa shape index (κ2) is 7.50. The zero-order chi connectivity index (χ0) is 13.4. The molecule has 1 heterocycles. The number of unbranched alkanes of at least 4 members (excludes halogenated alkanes) is 1. The highest BCUT2D eigenvalue weighted by atomic mass is 32.2. The molecule has 104 valence electrons. The number of sulfonamides is 1. The Balaban J connectivity index is 2.25. The fourth-order valence-electron chi connectivity index (χ4n) is 1.42. The number of aromatic nitrogens is 2. The van der Waals surface area contributed by atoms with Crippen molar-refractivity contribution >= 4 is 10.0 Å². The molecule has 7 heteroatoms. The Morgan fingerprint density at radius 2 is 2.11 bits per heavy atom. The minimum atomic E-state index is -3.44. The number of ether oxygens (including phenoxy) is 1. The predicted molar refractivity (Wildman–Crippen MR) is 68.9 cm³/mol. The summed E-state index contributed by atoms with van der Waals surface area (Å²) >= 11 is 0. The third kappa shape index (κ3) is 4.75. The van der Waals surface area contributed by atoms with E-state index in [1.807, 2.05) is 0 Å². The predicted octanol–water partition coefficient (Wildman–Crippen LogP) is 1.20. The van der Waals surface area contributed by atoms with Crippen molar-refractivity contribution in [2.75, 3.05) is 19.8 Å². The number of aryl methyl sites for hydroxylation is 1. The molecule has 0 aliphatic carbocycles. The summed E-state index contributed by atoms with van der Waals surface area (Å²) < 4.78 is 31.5. The largest absolute Gasteiger partial charge is 0.381 e. The molecule has 0 aromatic carbocycles. The van der Waals surface area contributed by atoms with Gasteiger partial charge < -0.3 is 4.74 Å². The molecular weight excluding hydrogens is 254 g/mol. The Hall–Kier alpha value is -0.920. The highest BCUT2D eigenvalue weighted by Crippen LogP contribution is 2.10. The summed E-state index contributed by atoms with van der Waals surface area (Å²) in [5, 5.41) is 6.30. The molecule has 0 radical (unpaired) electrons. The maximum absolute atomic E-state index is 11.8. The molecule has 0 saturated heterocycles. The third-order valence-electron chi connectivity index (χ3n) is 2.47. The van der Waals surface area contributed by atoms with Gasteiger partial charge >= 0.3 is 0 Å². The topological polar surface area (TPSA) is 84.1 Å². The Kier molecular flexibility index (Phi) is 6.31. The molecule has 0 fully saturated rings. The van der Waals surface area contributed by atoms with E-state index in [0.717, 1.165) is 19.4 Å². The molecule has 1 aromatic heterocycles. The van der Waals surface area contributed by atoms with Crippen molar-refractivity contribution in [2.45, 2.75) is 38.0 Å². The van der Waals surface area contributed by atoms with E-state index in [0.29, 0.717) is 25.3 Å². The summed E-state index contributed by atoms with van der Waals surface area (Å²) in [4.78, 5) is 0.203. The number of aromatic amines is 1. The van der Waals surface area contributed by atoms with E-state index < -0.39 is 10.0 Å². The minimum absolute atomic E-state index is 0.203. The van der Waals surface area contributed by atoms with E-state index in [1.165, 1.54) is 6.20 Å². The van der Waals surface area contributed by atoms with Gasteiger partial charge in [0.25, 0.3) is 0 Å². The van der Waals surface area contributed by atoms with Crippen molar-refractivity contribution in [1.29, 1.82) is 0 Å². The van der Waals surface area contributed by atoms with Crippen LogP contribution in [0.5, 0.6) is 0 Å². The van der Waals surface area contributed by atoms with Crippen LogP contribution < -0.4 is 4.72 Å². The van der Waals surface area contributed by atoms with Crippen LogP contribution in [-0.4, -0.2) is 38.4 Å². The van der Waals surface area contributed by atoms with Crippen molar-refractivity contribution in [2.24, 2.45) is 0 Å². The van der Waals surface area contributed by atoms with Gasteiger partial charge in [-0.1, -0.05) is 13.3 Å². The van der Waals surface area contributed by atoms with E-state index in [-0.39, 0.29) is 4.90 Å². The monoisotopic (exact) mass is 275 g/mol. The molecule has 1 rings (SSSR count). The minimum Gasteiger partial charge on any atom is -0.381 e. The number of nitrogens with one attached hydrogen (secondary N) is 2. The highest BCUT2D eigenvalue weighted by Gasteiger charge is 2.17. The molecule has 0 atom stereocenters. The number of H-pyrrole nitrogens is 1. The smallest absolute Gasteiger partial charge is 0.243 e. The number of hydrogen-bond donors (Lipinski definition) is 2. The summed E-state index contributed by atoms with van der Waals surface area (Å²) in [5.41, 5.74) is 0.543. The first kappa shape index (κ1) is 15.1. The van der Waals surface area contributed by atoms with Crippen LogP contribution in [-0.2, 0) is 14.8 Å². The maximum Gasteiger partial charge on any atom is 0.243 e. The Morgan fingerprint density at radius 1 is 1.39 bits per heavy atom. The molecule has 0 amide bonds. The van der Waals surface area contributed by atoms with Crippen molar-refractivity contribution < 1.29 is 13.2 Å². The van der Waals surface area contributed by atoms with E-state index in [4.69, 9.17) is 4.74 Å². The van der Waals surface area contributed by atoms with Gasteiger partial charge in [0.2, 0.25) is 10.0 Å². The SMILES string of the molecule is CCCCOCCCNS(=O)(=O)c1cn[nH]c1C. The highest BCUT2D eigenvalue weighted by molar-refractivity contribution is 7.89. The van der Waals surface area contributed by atoms with E-state index >= 15 is 0 Å². The lowest BCUT2D eigenvalue weighted by atomic mass is 10.4. The van der Waals surface area contributed by atoms with E-state index in [9.17, 15) is 8.42 Å². The van der Waals surface area contributed by atoms with E-state index in [1.54, 1.807) is 6.92 Å². The van der Waals surface area contributed by atoms with Crippen molar-refractivity contribution in [1.82, 2.24) is 14.9 Å². The van der Waals surface area contributed by atoms with Crippen LogP contribution in [0.15, 0.2) is 11.1 Å². The van der Waals surface area contributed by atoms with Gasteiger partial charge in [0.1, 0.15) is 4.90 Å². The van der Waals surface area contributed by atoms with Gasteiger partial charge in [-0.25, -0.2) is 13.1 Å². The van der Waals surface area contributed by atoms with Crippen LogP contribution >= 0.6 is 0 Å². The maximum atomic E-state index is 11.8. The lowest BCUT2D eigenvalue weighted by Crippen LogP contribution is -2.25. The van der Waals surface area contributed by atoms with Gasteiger partial charge in [0, 0.05) is 19.8 Å². The average molecular weight is 275 g/mol. The second-order valence-corrected chi connectivity index (χ2v) is 5.81. The first-order valence-electron chi connectivity index (χ1n) is 6.15. The normalized spacial score (nSPS) is 11.9. The van der Waals surface area contributed by atoms with Gasteiger partial charge in [0.15, 0.2) is 0 Å². The van der Waals surface area contributed by atoms with E-state index in [2.05, 4.69) is 21.8 Å². The van der Waals surface area contributed by atoms with Crippen molar-refractivity contribution in [3.8, 4) is 0 Å². The Morgan fingerprint density at radius 3 is 2.72 bits per heavy atom. The summed E-state index contributed by atoms with van der Waals surface area (Å²) in [7, 11) is -3.44. The quantitative estimate of drug-likeness (QED) is 0.663. The summed E-state index contributed by atoms with van der Waals surface area (Å²) in [5.74, 6) is 0. The second-order valence-electron chi connectivity index (χ2n) is 4.08. The zero-order valence-corrected chi connectivity index (χ0v) is 11.7. The fourth-order valence-corrected chi connectivity index (χ4v) is 2.63. The molecule has 2 N–H and O–H groups in total. The molecule has 0 spiro atoms. The zero-order valence-electron chi connectivity index (χ0n) is 10.9. The average Bonchev–Trinajstić information content (AvgIpc) is 2.75. The van der Waals surface area contributed by atoms with Crippen LogP contribution in [0.2, 0.25) is 0 Å². The number of rotatable bonds is 9. The number of nitrogens with zero attached hydrogens (tertiary/aromatic N) is 1. The number of hydrogen-bond acceptors (Lipinski definition) is 4. The molecule has 0 aliphatic rings. The van der Waals surface area contributed by atoms with Crippen LogP contribution in [0.3, 0.4) is 0 Å². The lowest BCUT2D eigenvalue weighted by Gasteiger charge is -2.06. The molecule has 1 aromatic rings. The summed E-state index contributed by atoms with van der Waals surface area (Å²) in [6.45, 7) is 5.47. The van der Waals surface area contributed by atoms with Gasteiger partial charge in [0.05, 0.1) is 11.9 Å². The van der Waals surface area contributed by atoms with Crippen LogP contribution in [0.1, 0.15) is 31.9 Å². The molecule has 6 nitrogen and oxygen atoms in total. The fraction of sp³-hybridized carbons (Fsp3) is 0.727. The lowest BCUT2D eigenvalue weighted by molar-refractivity contribution is 0.130. The van der Waals surface area contributed by atoms with Crippen LogP contribution in [0, 0.1) is 6.92 Å². The first-order valence-corrected chi connectivity index (χ1v) is 7.63. The van der Waals surface area contributed by atoms with Crippen molar-refractivity contribution in [3.05, 3.63) is 11.9 Å². The molecule has 18 heavy (non-hydrogen) atoms. The summed E-state index contributed by atoms with van der Waals surface area (Å²) in [6, 6.07) is 0. The summed E-state index contributed by atoms with van der Waals surface area (Å²) in [6.07, 6.45) is 4.13. The molecule has 0 unspecified atom stereocenters. The van der Waals surface area contributed by atoms with Gasteiger partial charge in [-0.15, -0.1) is 0 Å². The van der Waals surface area contributed by atoms with Crippen LogP contribution in [0.25, 0.3) is 0 Å². The third-order valence-corrected chi connectivity index (χ3v) is 4.05. The Bertz CT molecular complexity index is 442. The van der Waals surface area contributed by atoms with Crippen LogP contribution in [0.4, 0.5) is 0 Å². The first-order chi connectivity index (χ1) is 8.58. The molecule has 0 saturated carbocycles.